The lowest BCUT2D eigenvalue weighted by molar-refractivity contribution is -0.192. The summed E-state index contributed by atoms with van der Waals surface area (Å²) in [6.07, 6.45) is -1.72. The van der Waals surface area contributed by atoms with E-state index in [1.807, 2.05) is 91.0 Å². The molecule has 328 valence electrons. The number of hydrogen-bond acceptors (Lipinski definition) is 7. The molecule has 3 aromatic rings. The van der Waals surface area contributed by atoms with E-state index in [0.29, 0.717) is 44.9 Å². The topological polar surface area (TPSA) is 247 Å². The standard InChI is InChI=1S/C41H51N7O6.C2HF3O2/c42-41(43)44-22-10-17-32(38(52)45-31(26-37(50)51)19-18-27-11-4-1-5-12-27)47-39(53)35-25-30(23-28-13-6-2-7-14-28)34-21-20-33(40(54)48(34)35)46-36(49)24-29-15-8-3-9-16-29;3-2(4,5)1(6)7/h1-9,11-16,30-35H,10,17-26H2,(H,45,52)(H,46,49)(H,47,53)(H,50,51)(H4,42,43,44);(H,6,7)/t30-,31-,32+,33?,34-,35+;/m1./s1. The second-order valence-corrected chi connectivity index (χ2v) is 15.0. The second-order valence-electron chi connectivity index (χ2n) is 15.0. The molecule has 0 aromatic heterocycles. The first-order valence-corrected chi connectivity index (χ1v) is 19.9. The number of aliphatic imine (C=N–C) groups is 1. The number of halogens is 3. The minimum atomic E-state index is -5.08. The average molecular weight is 852 g/mol. The smallest absolute Gasteiger partial charge is 0.481 e. The molecule has 15 nitrogen and oxygen atoms in total. The van der Waals surface area contributed by atoms with Crippen LogP contribution >= 0.6 is 0 Å². The van der Waals surface area contributed by atoms with Crippen LogP contribution in [0.15, 0.2) is 96.0 Å². The molecule has 9 N–H and O–H groups in total. The van der Waals surface area contributed by atoms with Gasteiger partial charge in [0, 0.05) is 18.6 Å². The molecule has 5 rings (SSSR count). The van der Waals surface area contributed by atoms with Crippen molar-refractivity contribution in [3.05, 3.63) is 108 Å². The number of nitrogens with one attached hydrogen (secondary N) is 3. The first-order chi connectivity index (χ1) is 29.0. The molecule has 4 amide bonds. The van der Waals surface area contributed by atoms with Crippen LogP contribution < -0.4 is 27.4 Å². The van der Waals surface area contributed by atoms with Gasteiger partial charge in [-0.3, -0.25) is 29.0 Å². The van der Waals surface area contributed by atoms with E-state index < -0.39 is 54.1 Å². The molecule has 2 aliphatic rings. The largest absolute Gasteiger partial charge is 0.490 e. The van der Waals surface area contributed by atoms with Gasteiger partial charge in [0.05, 0.1) is 12.8 Å². The van der Waals surface area contributed by atoms with E-state index in [1.165, 1.54) is 0 Å². The Morgan fingerprint density at radius 3 is 1.95 bits per heavy atom. The van der Waals surface area contributed by atoms with Gasteiger partial charge >= 0.3 is 18.1 Å². The summed E-state index contributed by atoms with van der Waals surface area (Å²) in [7, 11) is 0. The fourth-order valence-corrected chi connectivity index (χ4v) is 7.64. The number of fused-ring (bicyclic) bond motifs is 1. The third-order valence-corrected chi connectivity index (χ3v) is 10.5. The van der Waals surface area contributed by atoms with Crippen molar-refractivity contribution in [2.45, 2.75) is 101 Å². The van der Waals surface area contributed by atoms with Gasteiger partial charge in [0.1, 0.15) is 18.1 Å². The molecule has 2 heterocycles. The number of piperidine rings is 1. The Balaban J connectivity index is 0.00000107. The minimum absolute atomic E-state index is 0.0276. The molecular formula is C43H52F3N7O8. The Hall–Kier alpha value is -6.46. The predicted octanol–water partition coefficient (Wildman–Crippen LogP) is 3.10. The third kappa shape index (κ3) is 15.3. The fraction of sp³-hybridized carbons (Fsp3) is 0.419. The quantitative estimate of drug-likeness (QED) is 0.0560. The first kappa shape index (κ1) is 47.2. The summed E-state index contributed by atoms with van der Waals surface area (Å²) < 4.78 is 31.7. The summed E-state index contributed by atoms with van der Waals surface area (Å²) in [5.41, 5.74) is 13.9. The zero-order valence-electron chi connectivity index (χ0n) is 33.4. The summed E-state index contributed by atoms with van der Waals surface area (Å²) in [6, 6.07) is 25.1. The molecular weight excluding hydrogens is 800 g/mol. The number of amides is 4. The Morgan fingerprint density at radius 1 is 0.820 bits per heavy atom. The van der Waals surface area contributed by atoms with Gasteiger partial charge in [-0.25, -0.2) is 4.79 Å². The van der Waals surface area contributed by atoms with Crippen molar-refractivity contribution in [3.63, 3.8) is 0 Å². The SMILES string of the molecule is NC(N)=NCCC[C@H](NC(=O)[C@@H]1C[C@@H](Cc2ccccc2)[C@H]2CCC(NC(=O)Cc3ccccc3)C(=O)N21)C(=O)N[C@H](CCc1ccccc1)CC(=O)O.O=C(O)C(F)(F)F. The van der Waals surface area contributed by atoms with Crippen molar-refractivity contribution in [2.75, 3.05) is 6.54 Å². The molecule has 0 bridgehead atoms. The monoisotopic (exact) mass is 851 g/mol. The molecule has 0 spiro atoms. The van der Waals surface area contributed by atoms with Gasteiger partial charge in [-0.2, -0.15) is 13.2 Å². The third-order valence-electron chi connectivity index (χ3n) is 10.5. The van der Waals surface area contributed by atoms with Crippen molar-refractivity contribution < 1.29 is 52.2 Å². The zero-order chi connectivity index (χ0) is 44.5. The summed E-state index contributed by atoms with van der Waals surface area (Å²) in [6.45, 7) is 0.216. The minimum Gasteiger partial charge on any atom is -0.481 e. The lowest BCUT2D eigenvalue weighted by Crippen LogP contribution is -2.60. The van der Waals surface area contributed by atoms with Crippen LogP contribution in [0.25, 0.3) is 0 Å². The number of nitrogens with zero attached hydrogens (tertiary/aromatic N) is 2. The van der Waals surface area contributed by atoms with Gasteiger partial charge < -0.3 is 42.5 Å². The van der Waals surface area contributed by atoms with Gasteiger partial charge in [0.2, 0.25) is 23.6 Å². The number of carbonyl (C=O) groups is 6. The number of carbonyl (C=O) groups excluding carboxylic acids is 4. The molecule has 2 aliphatic heterocycles. The van der Waals surface area contributed by atoms with Crippen molar-refractivity contribution in [2.24, 2.45) is 22.4 Å². The first-order valence-electron chi connectivity index (χ1n) is 19.9. The summed E-state index contributed by atoms with van der Waals surface area (Å²) in [5, 5.41) is 25.5. The van der Waals surface area contributed by atoms with Crippen LogP contribution in [0.5, 0.6) is 0 Å². The molecule has 0 radical (unpaired) electrons. The summed E-state index contributed by atoms with van der Waals surface area (Å²) in [4.78, 5) is 81.7. The molecule has 1 unspecified atom stereocenters. The van der Waals surface area contributed by atoms with Crippen LogP contribution in [0.4, 0.5) is 13.2 Å². The number of carboxylic acids is 2. The lowest BCUT2D eigenvalue weighted by atomic mass is 9.86. The lowest BCUT2D eigenvalue weighted by Gasteiger charge is -2.39. The maximum Gasteiger partial charge on any atom is 0.490 e. The van der Waals surface area contributed by atoms with Crippen LogP contribution in [0.2, 0.25) is 0 Å². The normalized spacial score (nSPS) is 19.2. The molecule has 2 fully saturated rings. The number of alkyl halides is 3. The van der Waals surface area contributed by atoms with E-state index in [2.05, 4.69) is 20.9 Å². The highest BCUT2D eigenvalue weighted by atomic mass is 19.4. The van der Waals surface area contributed by atoms with Crippen LogP contribution in [-0.4, -0.2) is 99.6 Å². The van der Waals surface area contributed by atoms with Crippen molar-refractivity contribution in [3.8, 4) is 0 Å². The second kappa shape index (κ2) is 22.8. The van der Waals surface area contributed by atoms with Gasteiger partial charge in [0.25, 0.3) is 0 Å². The highest BCUT2D eigenvalue weighted by Gasteiger charge is 2.51. The van der Waals surface area contributed by atoms with E-state index in [1.54, 1.807) is 4.90 Å². The Labute approximate surface area is 351 Å². The fourth-order valence-electron chi connectivity index (χ4n) is 7.64. The van der Waals surface area contributed by atoms with E-state index in [4.69, 9.17) is 21.4 Å². The highest BCUT2D eigenvalue weighted by Crippen LogP contribution is 2.39. The molecule has 0 saturated carbocycles. The van der Waals surface area contributed by atoms with Crippen molar-refractivity contribution >= 4 is 41.5 Å². The van der Waals surface area contributed by atoms with Gasteiger partial charge in [-0.05, 0) is 74.0 Å². The number of carboxylic acid groups (broad SMARTS) is 2. The van der Waals surface area contributed by atoms with Crippen LogP contribution in [0.3, 0.4) is 0 Å². The van der Waals surface area contributed by atoms with Gasteiger partial charge in [-0.15, -0.1) is 0 Å². The number of nitrogens with two attached hydrogens (primary N) is 2. The molecule has 0 aliphatic carbocycles. The van der Waals surface area contributed by atoms with Gasteiger partial charge in [-0.1, -0.05) is 91.0 Å². The number of hydrogen-bond donors (Lipinski definition) is 7. The number of benzene rings is 3. The molecule has 61 heavy (non-hydrogen) atoms. The van der Waals surface area contributed by atoms with E-state index >= 15 is 0 Å². The van der Waals surface area contributed by atoms with E-state index in [0.717, 1.165) is 16.7 Å². The van der Waals surface area contributed by atoms with Crippen molar-refractivity contribution in [1.29, 1.82) is 0 Å². The zero-order valence-corrected chi connectivity index (χ0v) is 33.4. The van der Waals surface area contributed by atoms with Gasteiger partial charge in [0.15, 0.2) is 5.96 Å². The summed E-state index contributed by atoms with van der Waals surface area (Å²) in [5.74, 6) is -5.55. The number of rotatable bonds is 18. The van der Waals surface area contributed by atoms with Crippen molar-refractivity contribution in [1.82, 2.24) is 20.9 Å². The Morgan fingerprint density at radius 2 is 1.39 bits per heavy atom. The van der Waals surface area contributed by atoms with Crippen LogP contribution in [-0.2, 0) is 48.0 Å². The summed E-state index contributed by atoms with van der Waals surface area (Å²) >= 11 is 0. The number of aliphatic carboxylic acids is 2. The Kier molecular flexibility index (Phi) is 17.6. The highest BCUT2D eigenvalue weighted by molar-refractivity contribution is 5.95. The van der Waals surface area contributed by atoms with E-state index in [-0.39, 0.29) is 55.5 Å². The molecule has 3 aromatic carbocycles. The molecule has 2 saturated heterocycles. The Bertz CT molecular complexity index is 1970. The predicted molar refractivity (Wildman–Crippen MR) is 218 cm³/mol. The molecule has 18 heteroatoms. The number of aryl methyl sites for hydroxylation is 1. The average Bonchev–Trinajstić information content (AvgIpc) is 3.58. The van der Waals surface area contributed by atoms with Crippen LogP contribution in [0.1, 0.15) is 61.6 Å². The maximum absolute atomic E-state index is 14.3. The molecule has 6 atom stereocenters. The number of guanidine groups is 1. The maximum atomic E-state index is 14.3. The van der Waals surface area contributed by atoms with Crippen LogP contribution in [0, 0.1) is 5.92 Å². The van der Waals surface area contributed by atoms with E-state index in [9.17, 15) is 42.3 Å².